The first-order chi connectivity index (χ1) is 32.9. The summed E-state index contributed by atoms with van der Waals surface area (Å²) < 4.78 is 0. The molecule has 0 aromatic heterocycles. The molecule has 8 atom stereocenters. The van der Waals surface area contributed by atoms with Crippen LogP contribution in [0, 0.1) is 0 Å². The Labute approximate surface area is 407 Å². The standard InChI is InChI=1S/C42H65N13O14S/c1-21(43)40(67)55-16-5-7-30(55)39(66)48-20-32(58)50-28(19-31(44)57)38(65)52-25(6-4-15-47-42(45)46)35(62)49-22(2)34(61)51-27(14-17-70-3)37(64)53-26(12-13-33(59)60)36(63)54-29(41(68)69)18-23-8-10-24(56)11-9-23/h8-11,21-22,25-30,56H,4-7,12-20,43H2,1-3H3,(H2,44,57)(H,48,66)(H,49,62)(H,50,58)(H,51,61)(H,52,65)(H,53,64)(H,54,63)(H,59,60)(H,68,69)(H4,45,46,47)/t21-,22-,25-,26-,27-,28-,29-,30-/m0/s1. The SMILES string of the molecule is CSCC[C@H](NC(=O)[C@H](C)NC(=O)[C@H](CCCN=C(N)N)NC(=O)[C@H](CC(N)=O)NC(=O)CNC(=O)[C@@H]1CCCN1C(=O)[C@H](C)N)C(=O)N[C@@H](CCC(=O)O)C(=O)N[C@@H](Cc1ccc(O)cc1)C(=O)O. The summed E-state index contributed by atoms with van der Waals surface area (Å²) in [6.45, 7) is 2.32. The van der Waals surface area contributed by atoms with Gasteiger partial charge in [-0.1, -0.05) is 12.1 Å². The predicted molar refractivity (Wildman–Crippen MR) is 252 cm³/mol. The van der Waals surface area contributed by atoms with Crippen LogP contribution in [0.15, 0.2) is 29.3 Å². The molecule has 18 N–H and O–H groups in total. The maximum Gasteiger partial charge on any atom is 0.326 e. The van der Waals surface area contributed by atoms with Crippen molar-refractivity contribution < 1.29 is 68.1 Å². The van der Waals surface area contributed by atoms with E-state index in [4.69, 9.17) is 22.9 Å². The number of aliphatic imine (C=N–C) groups is 1. The molecule has 1 saturated heterocycles. The van der Waals surface area contributed by atoms with Crippen LogP contribution < -0.4 is 60.2 Å². The maximum absolute atomic E-state index is 13.7. The summed E-state index contributed by atoms with van der Waals surface area (Å²) in [5.74, 6) is -10.8. The number of aromatic hydroxyl groups is 1. The van der Waals surface area contributed by atoms with Crippen molar-refractivity contribution in [2.24, 2.45) is 27.9 Å². The number of phenolic OH excluding ortho intramolecular Hbond substituents is 1. The van der Waals surface area contributed by atoms with Crippen molar-refractivity contribution in [3.8, 4) is 5.75 Å². The quantitative estimate of drug-likeness (QED) is 0.0195. The molecule has 0 saturated carbocycles. The van der Waals surface area contributed by atoms with Crippen molar-refractivity contribution in [2.75, 3.05) is 31.6 Å². The van der Waals surface area contributed by atoms with Crippen LogP contribution in [0.2, 0.25) is 0 Å². The first-order valence-corrected chi connectivity index (χ1v) is 23.5. The molecule has 0 bridgehead atoms. The molecule has 1 aromatic rings. The lowest BCUT2D eigenvalue weighted by Crippen LogP contribution is -2.59. The zero-order valence-corrected chi connectivity index (χ0v) is 39.9. The lowest BCUT2D eigenvalue weighted by molar-refractivity contribution is -0.143. The van der Waals surface area contributed by atoms with E-state index in [1.807, 2.05) is 0 Å². The second-order valence-electron chi connectivity index (χ2n) is 16.3. The van der Waals surface area contributed by atoms with E-state index in [0.717, 1.165) is 0 Å². The molecular weight excluding hydrogens is 943 g/mol. The summed E-state index contributed by atoms with van der Waals surface area (Å²) in [5.41, 5.74) is 22.3. The number of nitrogens with one attached hydrogen (secondary N) is 7. The molecule has 1 aliphatic heterocycles. The van der Waals surface area contributed by atoms with Crippen LogP contribution >= 0.6 is 11.8 Å². The lowest BCUT2D eigenvalue weighted by atomic mass is 10.0. The van der Waals surface area contributed by atoms with E-state index in [1.165, 1.54) is 54.8 Å². The number of likely N-dealkylation sites (tertiary alicyclic amines) is 1. The molecule has 28 heteroatoms. The van der Waals surface area contributed by atoms with E-state index in [2.05, 4.69) is 42.2 Å². The van der Waals surface area contributed by atoms with Crippen LogP contribution in [0.25, 0.3) is 0 Å². The summed E-state index contributed by atoms with van der Waals surface area (Å²) in [6.07, 6.45) is 0.374. The van der Waals surface area contributed by atoms with Gasteiger partial charge in [-0.15, -0.1) is 0 Å². The van der Waals surface area contributed by atoms with E-state index in [0.29, 0.717) is 18.4 Å². The second kappa shape index (κ2) is 29.6. The number of benzene rings is 1. The van der Waals surface area contributed by atoms with Gasteiger partial charge in [0.1, 0.15) is 48.0 Å². The van der Waals surface area contributed by atoms with Gasteiger partial charge in [-0.25, -0.2) is 4.79 Å². The van der Waals surface area contributed by atoms with E-state index in [9.17, 15) is 68.1 Å². The molecule has 0 aliphatic carbocycles. The third-order valence-electron chi connectivity index (χ3n) is 10.6. The van der Waals surface area contributed by atoms with Gasteiger partial charge in [-0.05, 0) is 82.1 Å². The fourth-order valence-electron chi connectivity index (χ4n) is 6.88. The number of rotatable bonds is 30. The van der Waals surface area contributed by atoms with E-state index >= 15 is 0 Å². The van der Waals surface area contributed by atoms with Gasteiger partial charge in [0.2, 0.25) is 53.2 Å². The van der Waals surface area contributed by atoms with E-state index in [-0.39, 0.29) is 56.2 Å². The highest BCUT2D eigenvalue weighted by atomic mass is 32.2. The number of hydrogen-bond donors (Lipinski definition) is 14. The Kier molecular flexibility index (Phi) is 24.9. The van der Waals surface area contributed by atoms with Crippen LogP contribution in [0.3, 0.4) is 0 Å². The maximum atomic E-state index is 13.7. The van der Waals surface area contributed by atoms with Crippen LogP contribution in [0.5, 0.6) is 5.75 Å². The van der Waals surface area contributed by atoms with Crippen LogP contribution in [0.1, 0.15) is 70.8 Å². The molecule has 70 heavy (non-hydrogen) atoms. The van der Waals surface area contributed by atoms with Gasteiger partial charge < -0.3 is 80.4 Å². The monoisotopic (exact) mass is 1010 g/mol. The number of carboxylic acid groups (broad SMARTS) is 2. The van der Waals surface area contributed by atoms with Gasteiger partial charge in [0.15, 0.2) is 5.96 Å². The summed E-state index contributed by atoms with van der Waals surface area (Å²) in [5, 5.41) is 45.5. The molecule has 0 radical (unpaired) electrons. The van der Waals surface area contributed by atoms with Crippen molar-refractivity contribution in [1.29, 1.82) is 0 Å². The number of amides is 9. The number of nitrogens with zero attached hydrogens (tertiary/aromatic N) is 2. The molecular formula is C42H65N13O14S. The highest BCUT2D eigenvalue weighted by Crippen LogP contribution is 2.18. The molecule has 0 unspecified atom stereocenters. The Morgan fingerprint density at radius 1 is 0.757 bits per heavy atom. The Morgan fingerprint density at radius 3 is 1.87 bits per heavy atom. The van der Waals surface area contributed by atoms with Gasteiger partial charge in [0.25, 0.3) is 0 Å². The molecule has 1 heterocycles. The minimum absolute atomic E-state index is 0.0134. The lowest BCUT2D eigenvalue weighted by Gasteiger charge is -2.26. The molecule has 9 amide bonds. The minimum atomic E-state index is -1.66. The fraction of sp³-hybridized carbons (Fsp3) is 0.571. The number of nitrogens with two attached hydrogens (primary N) is 4. The summed E-state index contributed by atoms with van der Waals surface area (Å²) >= 11 is 1.29. The zero-order valence-electron chi connectivity index (χ0n) is 39.1. The number of carboxylic acids is 2. The normalized spacial score (nSPS) is 16.0. The van der Waals surface area contributed by atoms with Crippen LogP contribution in [-0.2, 0) is 59.2 Å². The number of aliphatic carboxylic acids is 2. The van der Waals surface area contributed by atoms with Crippen molar-refractivity contribution in [2.45, 2.75) is 120 Å². The van der Waals surface area contributed by atoms with Crippen molar-refractivity contribution in [3.05, 3.63) is 29.8 Å². The summed E-state index contributed by atoms with van der Waals surface area (Å²) in [7, 11) is 0. The molecule has 27 nitrogen and oxygen atoms in total. The minimum Gasteiger partial charge on any atom is -0.508 e. The molecule has 1 fully saturated rings. The zero-order chi connectivity index (χ0) is 52.7. The second-order valence-corrected chi connectivity index (χ2v) is 17.3. The highest BCUT2D eigenvalue weighted by molar-refractivity contribution is 7.98. The molecule has 388 valence electrons. The molecule has 1 aromatic carbocycles. The van der Waals surface area contributed by atoms with Gasteiger partial charge in [-0.3, -0.25) is 52.9 Å². The number of carbonyl (C=O) groups is 11. The first kappa shape index (κ1) is 58.9. The van der Waals surface area contributed by atoms with Gasteiger partial charge in [0.05, 0.1) is 19.0 Å². The summed E-state index contributed by atoms with van der Waals surface area (Å²) in [6, 6.07) is -5.27. The smallest absolute Gasteiger partial charge is 0.326 e. The topological polar surface area (TPSA) is 452 Å². The van der Waals surface area contributed by atoms with Crippen LogP contribution in [0.4, 0.5) is 0 Å². The Balaban J connectivity index is 2.22. The average molecular weight is 1010 g/mol. The van der Waals surface area contributed by atoms with Crippen LogP contribution in [-0.4, -0.2) is 171 Å². The molecule has 2 rings (SSSR count). The molecule has 0 spiro atoms. The van der Waals surface area contributed by atoms with E-state index < -0.39 is 139 Å². The number of thioether (sulfide) groups is 1. The Bertz CT molecular complexity index is 2070. The Morgan fingerprint density at radius 2 is 1.31 bits per heavy atom. The highest BCUT2D eigenvalue weighted by Gasteiger charge is 2.36. The van der Waals surface area contributed by atoms with Gasteiger partial charge in [0, 0.05) is 25.9 Å². The van der Waals surface area contributed by atoms with Gasteiger partial charge in [-0.2, -0.15) is 11.8 Å². The van der Waals surface area contributed by atoms with Crippen molar-refractivity contribution >= 4 is 82.8 Å². The van der Waals surface area contributed by atoms with Gasteiger partial charge >= 0.3 is 11.9 Å². The first-order valence-electron chi connectivity index (χ1n) is 22.1. The number of guanidine groups is 1. The number of hydrogen-bond acceptors (Lipinski definition) is 15. The molecule has 1 aliphatic rings. The number of carbonyl (C=O) groups excluding carboxylic acids is 9. The fourth-order valence-corrected chi connectivity index (χ4v) is 7.35. The third-order valence-corrected chi connectivity index (χ3v) is 11.2. The van der Waals surface area contributed by atoms with E-state index in [1.54, 1.807) is 6.26 Å². The average Bonchev–Trinajstić information content (AvgIpc) is 3.78. The number of phenols is 1. The van der Waals surface area contributed by atoms with Crippen molar-refractivity contribution in [3.63, 3.8) is 0 Å². The number of primary amides is 1. The predicted octanol–water partition coefficient (Wildman–Crippen LogP) is -5.05. The largest absolute Gasteiger partial charge is 0.508 e. The Hall–Kier alpha value is -7.23. The third kappa shape index (κ3) is 21.0. The summed E-state index contributed by atoms with van der Waals surface area (Å²) in [4.78, 5) is 147. The van der Waals surface area contributed by atoms with Crippen molar-refractivity contribution in [1.82, 2.24) is 42.1 Å².